The highest BCUT2D eigenvalue weighted by Crippen LogP contribution is 2.61. The standard InChI is InChI=1S/C43H57N5O7/c1-24-34-19-31(43(34,3)4)20-35(24)46-41(51)38-37(25(2)49)36(22-45-21-26-12-14-27(15-13-26)42(52)53)55-48(38)23-28-10-9-11-33(39(28)54-8)29-16-30(40(50)44-5)18-32(17-29)47(6)7/h9-18,24-25,31,34-38,45,49H,19-23H2,1-8H3,(H,44,50)(H,46,51)(H,52,53)/t24-,25-,31+,34+,35-,36-,37+,38-/m0/s1. The number of methoxy groups -OCH3 is 1. The number of hydrogen-bond acceptors (Lipinski definition) is 9. The zero-order valence-electron chi connectivity index (χ0n) is 33.3. The molecule has 5 N–H and O–H groups in total. The van der Waals surface area contributed by atoms with E-state index >= 15 is 0 Å². The summed E-state index contributed by atoms with van der Waals surface area (Å²) in [5.41, 5.74) is 5.11. The third-order valence-electron chi connectivity index (χ3n) is 12.6. The van der Waals surface area contributed by atoms with Crippen molar-refractivity contribution < 1.29 is 34.2 Å². The van der Waals surface area contributed by atoms with Gasteiger partial charge in [-0.25, -0.2) is 4.79 Å². The molecule has 3 aromatic rings. The number of aliphatic hydroxyl groups excluding tert-OH is 1. The maximum atomic E-state index is 14.6. The lowest BCUT2D eigenvalue weighted by molar-refractivity contribution is -0.176. The van der Waals surface area contributed by atoms with Gasteiger partial charge < -0.3 is 35.8 Å². The Morgan fingerprint density at radius 1 is 1.05 bits per heavy atom. The molecular formula is C43H57N5O7. The molecule has 55 heavy (non-hydrogen) atoms. The summed E-state index contributed by atoms with van der Waals surface area (Å²) in [4.78, 5) is 47.3. The molecule has 1 saturated heterocycles. The number of carboxylic acid groups (broad SMARTS) is 1. The number of carbonyl (C=O) groups is 3. The van der Waals surface area contributed by atoms with E-state index in [2.05, 4.69) is 36.7 Å². The molecule has 0 aromatic heterocycles. The van der Waals surface area contributed by atoms with Crippen LogP contribution >= 0.6 is 0 Å². The Labute approximate surface area is 324 Å². The summed E-state index contributed by atoms with van der Waals surface area (Å²) in [7, 11) is 7.06. The minimum absolute atomic E-state index is 0.0306. The number of aromatic carboxylic acids is 1. The lowest BCUT2D eigenvalue weighted by Gasteiger charge is -2.62. The van der Waals surface area contributed by atoms with Crippen molar-refractivity contribution >= 4 is 23.5 Å². The number of para-hydroxylation sites is 1. The molecule has 3 aromatic carbocycles. The highest BCUT2D eigenvalue weighted by molar-refractivity contribution is 5.97. The number of nitrogens with zero attached hydrogens (tertiary/aromatic N) is 2. The van der Waals surface area contributed by atoms with Crippen molar-refractivity contribution in [3.8, 4) is 16.9 Å². The van der Waals surface area contributed by atoms with E-state index in [0.717, 1.165) is 34.4 Å². The minimum Gasteiger partial charge on any atom is -0.496 e. The van der Waals surface area contributed by atoms with Crippen LogP contribution in [0.4, 0.5) is 5.69 Å². The van der Waals surface area contributed by atoms with E-state index < -0.39 is 30.1 Å². The van der Waals surface area contributed by atoms with Gasteiger partial charge in [-0.05, 0) is 84.4 Å². The fourth-order valence-electron chi connectivity index (χ4n) is 9.27. The van der Waals surface area contributed by atoms with E-state index in [1.807, 2.05) is 55.4 Å². The van der Waals surface area contributed by atoms with Crippen LogP contribution in [0, 0.1) is 29.1 Å². The molecule has 12 heteroatoms. The maximum absolute atomic E-state index is 14.6. The van der Waals surface area contributed by atoms with E-state index in [9.17, 15) is 24.6 Å². The van der Waals surface area contributed by atoms with Crippen molar-refractivity contribution in [1.29, 1.82) is 0 Å². The van der Waals surface area contributed by atoms with Gasteiger partial charge in [0.05, 0.1) is 31.4 Å². The molecule has 12 nitrogen and oxygen atoms in total. The predicted octanol–water partition coefficient (Wildman–Crippen LogP) is 4.94. The number of carboxylic acids is 1. The first kappa shape index (κ1) is 40.2. The Bertz CT molecular complexity index is 1880. The van der Waals surface area contributed by atoms with E-state index in [1.54, 1.807) is 50.4 Å². The van der Waals surface area contributed by atoms with Gasteiger partial charge in [0.1, 0.15) is 11.8 Å². The van der Waals surface area contributed by atoms with Crippen LogP contribution in [0.5, 0.6) is 5.75 Å². The molecule has 0 radical (unpaired) electrons. The Morgan fingerprint density at radius 3 is 2.38 bits per heavy atom. The molecule has 3 aliphatic carbocycles. The minimum atomic E-state index is -0.982. The first-order valence-corrected chi connectivity index (χ1v) is 19.3. The number of hydroxylamine groups is 2. The van der Waals surface area contributed by atoms with Crippen molar-refractivity contribution in [2.75, 3.05) is 39.7 Å². The summed E-state index contributed by atoms with van der Waals surface area (Å²) >= 11 is 0. The zero-order valence-corrected chi connectivity index (χ0v) is 33.3. The fraction of sp³-hybridized carbons (Fsp3) is 0.512. The molecule has 0 spiro atoms. The van der Waals surface area contributed by atoms with Gasteiger partial charge in [-0.15, -0.1) is 0 Å². The van der Waals surface area contributed by atoms with E-state index in [4.69, 9.17) is 9.57 Å². The van der Waals surface area contributed by atoms with Crippen molar-refractivity contribution in [3.63, 3.8) is 0 Å². The molecule has 296 valence electrons. The molecule has 1 aliphatic heterocycles. The molecule has 4 fully saturated rings. The molecule has 3 saturated carbocycles. The van der Waals surface area contributed by atoms with E-state index in [1.165, 1.54) is 6.42 Å². The van der Waals surface area contributed by atoms with Gasteiger partial charge in [0.15, 0.2) is 0 Å². The quantitative estimate of drug-likeness (QED) is 0.153. The number of ether oxygens (including phenoxy) is 1. The van der Waals surface area contributed by atoms with Crippen molar-refractivity contribution in [1.82, 2.24) is 21.0 Å². The Kier molecular flexibility index (Phi) is 11.9. The van der Waals surface area contributed by atoms with Gasteiger partial charge >= 0.3 is 5.97 Å². The summed E-state index contributed by atoms with van der Waals surface area (Å²) in [6.45, 7) is 9.61. The van der Waals surface area contributed by atoms with Crippen molar-refractivity contribution in [2.24, 2.45) is 29.1 Å². The van der Waals surface area contributed by atoms with E-state index in [-0.39, 0.29) is 35.4 Å². The number of aliphatic hydroxyl groups is 1. The predicted molar refractivity (Wildman–Crippen MR) is 212 cm³/mol. The molecule has 7 rings (SSSR count). The number of anilines is 1. The first-order valence-electron chi connectivity index (χ1n) is 19.3. The van der Waals surface area contributed by atoms with Crippen LogP contribution < -0.4 is 25.6 Å². The van der Waals surface area contributed by atoms with Crippen LogP contribution in [-0.4, -0.2) is 92.1 Å². The monoisotopic (exact) mass is 755 g/mol. The van der Waals surface area contributed by atoms with Gasteiger partial charge in [0.2, 0.25) is 5.91 Å². The number of nitrogens with one attached hydrogen (secondary N) is 3. The second-order valence-corrected chi connectivity index (χ2v) is 16.4. The average molecular weight is 756 g/mol. The molecule has 1 heterocycles. The van der Waals surface area contributed by atoms with Crippen LogP contribution in [0.25, 0.3) is 11.1 Å². The third-order valence-corrected chi connectivity index (χ3v) is 12.6. The molecule has 8 atom stereocenters. The first-order chi connectivity index (χ1) is 26.1. The average Bonchev–Trinajstić information content (AvgIpc) is 3.52. The van der Waals surface area contributed by atoms with E-state index in [0.29, 0.717) is 42.2 Å². The van der Waals surface area contributed by atoms with Crippen molar-refractivity contribution in [2.45, 2.75) is 77.9 Å². The Balaban J connectivity index is 1.30. The number of rotatable bonds is 14. The SMILES string of the molecule is CNC(=O)c1cc(-c2cccc(CN3O[C@@H](CNCc4ccc(C(=O)O)cc4)[C@@H]([C@H](C)O)[C@H]3C(=O)N[C@H]3C[C@H]4C[C@H]([C@@H]3C)C4(C)C)c2OC)cc(N(C)C)c1. The number of hydrogen-bond donors (Lipinski definition) is 5. The number of amides is 2. The zero-order chi connectivity index (χ0) is 39.8. The van der Waals surface area contributed by atoms with Crippen LogP contribution in [0.2, 0.25) is 0 Å². The highest BCUT2D eigenvalue weighted by Gasteiger charge is 2.57. The molecule has 2 amide bonds. The third kappa shape index (κ3) is 8.09. The van der Waals surface area contributed by atoms with Gasteiger partial charge in [-0.3, -0.25) is 14.4 Å². The summed E-state index contributed by atoms with van der Waals surface area (Å²) in [5.74, 6) is 0.106. The molecule has 2 bridgehead atoms. The summed E-state index contributed by atoms with van der Waals surface area (Å²) in [6, 6.07) is 17.4. The molecule has 0 unspecified atom stereocenters. The Hall–Kier alpha value is -4.49. The topological polar surface area (TPSA) is 153 Å². The number of carbonyl (C=O) groups excluding carboxylic acids is 2. The van der Waals surface area contributed by atoms with Gasteiger partial charge in [0, 0.05) is 68.6 Å². The van der Waals surface area contributed by atoms with Gasteiger partial charge in [-0.2, -0.15) is 5.06 Å². The molecular weight excluding hydrogens is 699 g/mol. The second-order valence-electron chi connectivity index (χ2n) is 16.4. The highest BCUT2D eigenvalue weighted by atomic mass is 16.7. The largest absolute Gasteiger partial charge is 0.496 e. The number of fused-ring (bicyclic) bond motifs is 2. The van der Waals surface area contributed by atoms with Crippen molar-refractivity contribution in [3.05, 3.63) is 82.9 Å². The summed E-state index contributed by atoms with van der Waals surface area (Å²) < 4.78 is 6.08. The van der Waals surface area contributed by atoms with Gasteiger partial charge in [0.25, 0.3) is 5.91 Å². The van der Waals surface area contributed by atoms with Crippen LogP contribution in [0.3, 0.4) is 0 Å². The maximum Gasteiger partial charge on any atom is 0.335 e. The Morgan fingerprint density at radius 2 is 1.78 bits per heavy atom. The summed E-state index contributed by atoms with van der Waals surface area (Å²) in [5, 5.41) is 31.9. The lowest BCUT2D eigenvalue weighted by Crippen LogP contribution is -2.62. The van der Waals surface area contributed by atoms with Crippen LogP contribution in [0.1, 0.15) is 72.4 Å². The summed E-state index contributed by atoms with van der Waals surface area (Å²) in [6.07, 6.45) is 0.699. The normalized spacial score (nSPS) is 26.1. The van der Waals surface area contributed by atoms with Gasteiger partial charge in [-0.1, -0.05) is 51.1 Å². The van der Waals surface area contributed by atoms with Crippen LogP contribution in [0.15, 0.2) is 60.7 Å². The molecule has 4 aliphatic rings. The second kappa shape index (κ2) is 16.3. The fourth-order valence-corrected chi connectivity index (χ4v) is 9.27. The number of benzene rings is 3. The lowest BCUT2D eigenvalue weighted by atomic mass is 9.45. The smallest absolute Gasteiger partial charge is 0.335 e. The van der Waals surface area contributed by atoms with Crippen LogP contribution in [-0.2, 0) is 22.7 Å².